The zero-order valence-corrected chi connectivity index (χ0v) is 14.6. The van der Waals surface area contributed by atoms with E-state index in [1.165, 1.54) is 4.90 Å². The van der Waals surface area contributed by atoms with Gasteiger partial charge in [-0.2, -0.15) is 0 Å². The van der Waals surface area contributed by atoms with Crippen molar-refractivity contribution in [3.05, 3.63) is 46.6 Å². The number of carbonyl (C=O) groups excluding carboxylic acids is 2. The third-order valence-electron chi connectivity index (χ3n) is 2.80. The Bertz CT molecular complexity index is 579. The fourth-order valence-electron chi connectivity index (χ4n) is 1.75. The van der Waals surface area contributed by atoms with Crippen molar-refractivity contribution in [3.8, 4) is 0 Å². The van der Waals surface area contributed by atoms with Gasteiger partial charge in [0.05, 0.1) is 6.54 Å². The van der Waals surface area contributed by atoms with Crippen molar-refractivity contribution in [2.24, 2.45) is 0 Å². The van der Waals surface area contributed by atoms with Gasteiger partial charge in [0.25, 0.3) is 11.8 Å². The summed E-state index contributed by atoms with van der Waals surface area (Å²) in [5.74, 6) is -1.02. The van der Waals surface area contributed by atoms with E-state index in [2.05, 4.69) is 27.8 Å². The van der Waals surface area contributed by atoms with E-state index in [-0.39, 0.29) is 12.2 Å². The lowest BCUT2D eigenvalue weighted by atomic mass is 10.1. The van der Waals surface area contributed by atoms with Crippen molar-refractivity contribution in [2.45, 2.75) is 32.9 Å². The van der Waals surface area contributed by atoms with Gasteiger partial charge in [-0.15, -0.1) is 0 Å². The smallest absolute Gasteiger partial charge is 0.267 e. The summed E-state index contributed by atoms with van der Waals surface area (Å²) in [5, 5.41) is 11.9. The maximum atomic E-state index is 12.2. The zero-order valence-electron chi connectivity index (χ0n) is 13.0. The Hall–Kier alpha value is -1.66. The average Bonchev–Trinajstić information content (AvgIpc) is 2.43. The Morgan fingerprint density at radius 1 is 1.32 bits per heavy atom. The molecule has 22 heavy (non-hydrogen) atoms. The zero-order chi connectivity index (χ0) is 16.9. The van der Waals surface area contributed by atoms with Crippen LogP contribution in [0.15, 0.2) is 41.0 Å². The van der Waals surface area contributed by atoms with E-state index in [9.17, 15) is 9.59 Å². The highest BCUT2D eigenvalue weighted by molar-refractivity contribution is 9.10. The van der Waals surface area contributed by atoms with Gasteiger partial charge in [0.1, 0.15) is 12.3 Å². The molecule has 0 bridgehead atoms. The van der Waals surface area contributed by atoms with Crippen LogP contribution in [-0.4, -0.2) is 34.0 Å². The summed E-state index contributed by atoms with van der Waals surface area (Å²) in [6.45, 7) is 8.67. The Morgan fingerprint density at radius 2 is 1.91 bits per heavy atom. The summed E-state index contributed by atoms with van der Waals surface area (Å²) in [4.78, 5) is 25.3. The predicted octanol–water partition coefficient (Wildman–Crippen LogP) is 2.20. The maximum absolute atomic E-state index is 12.2. The molecule has 1 aromatic rings. The predicted molar refractivity (Wildman–Crippen MR) is 88.8 cm³/mol. The lowest BCUT2D eigenvalue weighted by Crippen LogP contribution is -2.46. The standard InChI is InChI=1S/C16H21BrN2O3/c1-11(15(22)18-16(2,3)4)19(14(21)10-20)9-12-7-5-6-8-13(12)17/h5-8,20H,1,9-10H2,2-4H3,(H,18,22). The van der Waals surface area contributed by atoms with E-state index in [0.29, 0.717) is 0 Å². The molecule has 0 saturated heterocycles. The third kappa shape index (κ3) is 5.27. The Labute approximate surface area is 139 Å². The normalized spacial score (nSPS) is 11.0. The third-order valence-corrected chi connectivity index (χ3v) is 3.57. The molecule has 0 aromatic heterocycles. The summed E-state index contributed by atoms with van der Waals surface area (Å²) >= 11 is 3.40. The van der Waals surface area contributed by atoms with Crippen LogP contribution < -0.4 is 5.32 Å². The molecule has 0 heterocycles. The molecule has 1 aromatic carbocycles. The molecule has 0 fully saturated rings. The van der Waals surface area contributed by atoms with E-state index < -0.39 is 24.0 Å². The Kier molecular flexibility index (Phi) is 6.32. The van der Waals surface area contributed by atoms with Crippen molar-refractivity contribution in [3.63, 3.8) is 0 Å². The average molecular weight is 369 g/mol. The lowest BCUT2D eigenvalue weighted by Gasteiger charge is -2.27. The van der Waals surface area contributed by atoms with Crippen molar-refractivity contribution >= 4 is 27.7 Å². The SMILES string of the molecule is C=C(C(=O)NC(C)(C)C)N(Cc1ccccc1Br)C(=O)CO. The molecule has 0 aliphatic carbocycles. The molecular weight excluding hydrogens is 348 g/mol. The van der Waals surface area contributed by atoms with Gasteiger partial charge in [0.2, 0.25) is 0 Å². The molecule has 5 nitrogen and oxygen atoms in total. The fraction of sp³-hybridized carbons (Fsp3) is 0.375. The Balaban J connectivity index is 2.99. The van der Waals surface area contributed by atoms with Crippen molar-refractivity contribution in [1.29, 1.82) is 0 Å². The second-order valence-corrected chi connectivity index (χ2v) is 6.73. The molecule has 0 atom stereocenters. The molecule has 0 radical (unpaired) electrons. The highest BCUT2D eigenvalue weighted by Crippen LogP contribution is 2.20. The highest BCUT2D eigenvalue weighted by atomic mass is 79.9. The highest BCUT2D eigenvalue weighted by Gasteiger charge is 2.24. The number of amides is 2. The van der Waals surface area contributed by atoms with Gasteiger partial charge < -0.3 is 15.3 Å². The summed E-state index contributed by atoms with van der Waals surface area (Å²) in [7, 11) is 0. The molecule has 120 valence electrons. The first kappa shape index (κ1) is 18.4. The summed E-state index contributed by atoms with van der Waals surface area (Å²) in [6, 6.07) is 7.36. The van der Waals surface area contributed by atoms with E-state index in [1.807, 2.05) is 45.0 Å². The molecular formula is C16H21BrN2O3. The number of carbonyl (C=O) groups is 2. The number of aliphatic hydroxyl groups is 1. The first-order chi connectivity index (χ1) is 10.2. The molecule has 0 spiro atoms. The first-order valence-corrected chi connectivity index (χ1v) is 7.61. The number of nitrogens with one attached hydrogen (secondary N) is 1. The largest absolute Gasteiger partial charge is 0.387 e. The monoisotopic (exact) mass is 368 g/mol. The van der Waals surface area contributed by atoms with Gasteiger partial charge in [-0.3, -0.25) is 9.59 Å². The molecule has 0 aliphatic rings. The van der Waals surface area contributed by atoms with Gasteiger partial charge in [-0.25, -0.2) is 0 Å². The number of halogens is 1. The van der Waals surface area contributed by atoms with Gasteiger partial charge in [-0.1, -0.05) is 40.7 Å². The minimum atomic E-state index is -0.688. The molecule has 0 unspecified atom stereocenters. The van der Waals surface area contributed by atoms with E-state index in [0.717, 1.165) is 10.0 Å². The number of rotatable bonds is 5. The molecule has 2 N–H and O–H groups in total. The quantitative estimate of drug-likeness (QED) is 0.782. The summed E-state index contributed by atoms with van der Waals surface area (Å²) in [6.07, 6.45) is 0. The van der Waals surface area contributed by atoms with E-state index >= 15 is 0 Å². The van der Waals surface area contributed by atoms with Crippen LogP contribution in [0.4, 0.5) is 0 Å². The van der Waals surface area contributed by atoms with E-state index in [4.69, 9.17) is 5.11 Å². The number of hydrogen-bond acceptors (Lipinski definition) is 3. The van der Waals surface area contributed by atoms with Crippen LogP contribution in [0, 0.1) is 0 Å². The van der Waals surface area contributed by atoms with Crippen LogP contribution in [0.2, 0.25) is 0 Å². The molecule has 2 amide bonds. The van der Waals surface area contributed by atoms with Crippen LogP contribution >= 0.6 is 15.9 Å². The number of hydrogen-bond donors (Lipinski definition) is 2. The second-order valence-electron chi connectivity index (χ2n) is 5.88. The number of nitrogens with zero attached hydrogens (tertiary/aromatic N) is 1. The van der Waals surface area contributed by atoms with Crippen LogP contribution in [-0.2, 0) is 16.1 Å². The molecule has 1 rings (SSSR count). The minimum absolute atomic E-state index is 0.00438. The van der Waals surface area contributed by atoms with Gasteiger partial charge >= 0.3 is 0 Å². The van der Waals surface area contributed by atoms with Gasteiger partial charge in [0.15, 0.2) is 0 Å². The Morgan fingerprint density at radius 3 is 2.41 bits per heavy atom. The number of benzene rings is 1. The van der Waals surface area contributed by atoms with Crippen LogP contribution in [0.3, 0.4) is 0 Å². The van der Waals surface area contributed by atoms with Crippen molar-refractivity contribution in [1.82, 2.24) is 10.2 Å². The summed E-state index contributed by atoms with van der Waals surface area (Å²) < 4.78 is 0.815. The van der Waals surface area contributed by atoms with Crippen LogP contribution in [0.5, 0.6) is 0 Å². The fourth-order valence-corrected chi connectivity index (χ4v) is 2.16. The summed E-state index contributed by atoms with van der Waals surface area (Å²) in [5.41, 5.74) is 0.375. The maximum Gasteiger partial charge on any atom is 0.267 e. The molecule has 0 saturated carbocycles. The topological polar surface area (TPSA) is 69.6 Å². The van der Waals surface area contributed by atoms with Crippen LogP contribution in [0.1, 0.15) is 26.3 Å². The minimum Gasteiger partial charge on any atom is -0.387 e. The van der Waals surface area contributed by atoms with Gasteiger partial charge in [-0.05, 0) is 32.4 Å². The molecule has 0 aliphatic heterocycles. The van der Waals surface area contributed by atoms with Crippen molar-refractivity contribution in [2.75, 3.05) is 6.61 Å². The van der Waals surface area contributed by atoms with Gasteiger partial charge in [0, 0.05) is 10.0 Å². The van der Waals surface area contributed by atoms with Crippen LogP contribution in [0.25, 0.3) is 0 Å². The molecule has 6 heteroatoms. The lowest BCUT2D eigenvalue weighted by molar-refractivity contribution is -0.135. The first-order valence-electron chi connectivity index (χ1n) is 6.81. The van der Waals surface area contributed by atoms with Crippen molar-refractivity contribution < 1.29 is 14.7 Å². The number of aliphatic hydroxyl groups excluding tert-OH is 1. The second kappa shape index (κ2) is 7.56. The van der Waals surface area contributed by atoms with E-state index in [1.54, 1.807) is 0 Å².